The smallest absolute Gasteiger partial charge is 0.123 e. The fourth-order valence-corrected chi connectivity index (χ4v) is 1.84. The number of hydrogen-bond acceptors (Lipinski definition) is 3. The molecule has 17 heavy (non-hydrogen) atoms. The first-order chi connectivity index (χ1) is 8.22. The molecule has 0 unspecified atom stereocenters. The van der Waals surface area contributed by atoms with E-state index in [1.807, 2.05) is 18.2 Å². The molecule has 2 aromatic rings. The molecule has 0 atom stereocenters. The summed E-state index contributed by atoms with van der Waals surface area (Å²) in [6, 6.07) is 5.90. The van der Waals surface area contributed by atoms with Crippen LogP contribution in [-0.4, -0.2) is 16.9 Å². The van der Waals surface area contributed by atoms with Crippen molar-refractivity contribution in [1.29, 1.82) is 0 Å². The van der Waals surface area contributed by atoms with Crippen molar-refractivity contribution in [2.75, 3.05) is 7.11 Å². The summed E-state index contributed by atoms with van der Waals surface area (Å²) in [5.41, 5.74) is 7.73. The Morgan fingerprint density at radius 2 is 2.29 bits per heavy atom. The van der Waals surface area contributed by atoms with Crippen molar-refractivity contribution < 1.29 is 4.74 Å². The highest BCUT2D eigenvalue weighted by atomic mass is 35.5. The van der Waals surface area contributed by atoms with E-state index in [4.69, 9.17) is 22.1 Å². The van der Waals surface area contributed by atoms with Crippen LogP contribution in [0.4, 0.5) is 0 Å². The molecule has 0 aliphatic heterocycles. The third kappa shape index (κ3) is 2.78. The van der Waals surface area contributed by atoms with Crippen LogP contribution in [0.25, 0.3) is 0 Å². The molecular formula is C12H14ClN3O. The van der Waals surface area contributed by atoms with Crippen LogP contribution in [-0.2, 0) is 13.1 Å². The van der Waals surface area contributed by atoms with Gasteiger partial charge in [0.2, 0.25) is 0 Å². The van der Waals surface area contributed by atoms with Crippen molar-refractivity contribution in [3.63, 3.8) is 0 Å². The number of hydrogen-bond donors (Lipinski definition) is 1. The minimum atomic E-state index is 0.511. The summed E-state index contributed by atoms with van der Waals surface area (Å²) in [7, 11) is 1.65. The second-order valence-electron chi connectivity index (χ2n) is 3.71. The van der Waals surface area contributed by atoms with E-state index in [0.717, 1.165) is 16.9 Å². The second kappa shape index (κ2) is 5.21. The largest absolute Gasteiger partial charge is 0.496 e. The zero-order valence-corrected chi connectivity index (χ0v) is 10.3. The van der Waals surface area contributed by atoms with Gasteiger partial charge in [0.1, 0.15) is 5.75 Å². The van der Waals surface area contributed by atoms with Crippen LogP contribution in [0.1, 0.15) is 11.1 Å². The number of benzene rings is 1. The van der Waals surface area contributed by atoms with Crippen LogP contribution >= 0.6 is 11.6 Å². The number of rotatable bonds is 4. The van der Waals surface area contributed by atoms with Crippen molar-refractivity contribution in [3.05, 3.63) is 46.7 Å². The third-order valence-electron chi connectivity index (χ3n) is 2.51. The highest BCUT2D eigenvalue weighted by Crippen LogP contribution is 2.21. The van der Waals surface area contributed by atoms with Crippen LogP contribution in [0.3, 0.4) is 0 Å². The molecule has 1 aromatic heterocycles. The molecule has 4 nitrogen and oxygen atoms in total. The summed E-state index contributed by atoms with van der Waals surface area (Å²) in [5, 5.41) is 4.76. The summed E-state index contributed by atoms with van der Waals surface area (Å²) < 4.78 is 7.07. The first-order valence-corrected chi connectivity index (χ1v) is 5.64. The molecule has 0 spiro atoms. The lowest BCUT2D eigenvalue weighted by Crippen LogP contribution is -2.04. The van der Waals surface area contributed by atoms with Crippen molar-refractivity contribution in [3.8, 4) is 5.75 Å². The van der Waals surface area contributed by atoms with Gasteiger partial charge in [0.05, 0.1) is 24.9 Å². The minimum absolute atomic E-state index is 0.511. The number of nitrogens with zero attached hydrogens (tertiary/aromatic N) is 2. The summed E-state index contributed by atoms with van der Waals surface area (Å²) in [6.45, 7) is 1.13. The van der Waals surface area contributed by atoms with Crippen LogP contribution in [0.15, 0.2) is 30.6 Å². The number of ether oxygens (including phenoxy) is 1. The molecule has 0 bridgehead atoms. The quantitative estimate of drug-likeness (QED) is 0.905. The molecule has 0 aliphatic rings. The Labute approximate surface area is 105 Å². The van der Waals surface area contributed by atoms with E-state index in [2.05, 4.69) is 5.10 Å². The molecule has 90 valence electrons. The van der Waals surface area contributed by atoms with Crippen molar-refractivity contribution in [2.45, 2.75) is 13.1 Å². The van der Waals surface area contributed by atoms with E-state index >= 15 is 0 Å². The lowest BCUT2D eigenvalue weighted by Gasteiger charge is -2.10. The Kier molecular flexibility index (Phi) is 3.66. The van der Waals surface area contributed by atoms with Crippen LogP contribution < -0.4 is 10.5 Å². The first kappa shape index (κ1) is 12.0. The number of aromatic nitrogens is 2. The van der Waals surface area contributed by atoms with E-state index in [1.165, 1.54) is 0 Å². The fourth-order valence-electron chi connectivity index (χ4n) is 1.68. The molecule has 2 N–H and O–H groups in total. The monoisotopic (exact) mass is 251 g/mol. The molecule has 0 fully saturated rings. The van der Waals surface area contributed by atoms with Gasteiger partial charge in [0.25, 0.3) is 0 Å². The van der Waals surface area contributed by atoms with Gasteiger partial charge in [0.15, 0.2) is 0 Å². The van der Waals surface area contributed by atoms with Gasteiger partial charge < -0.3 is 10.5 Å². The summed E-state index contributed by atoms with van der Waals surface area (Å²) in [5.74, 6) is 0.828. The van der Waals surface area contributed by atoms with Crippen molar-refractivity contribution in [2.24, 2.45) is 5.73 Å². The van der Waals surface area contributed by atoms with Gasteiger partial charge >= 0.3 is 0 Å². The van der Waals surface area contributed by atoms with Gasteiger partial charge in [-0.25, -0.2) is 0 Å². The van der Waals surface area contributed by atoms with Gasteiger partial charge in [-0.1, -0.05) is 17.7 Å². The summed E-state index contributed by atoms with van der Waals surface area (Å²) in [4.78, 5) is 0. The van der Waals surface area contributed by atoms with E-state index < -0.39 is 0 Å². The lowest BCUT2D eigenvalue weighted by molar-refractivity contribution is 0.407. The van der Waals surface area contributed by atoms with Gasteiger partial charge in [0, 0.05) is 18.3 Å². The normalized spacial score (nSPS) is 10.5. The average molecular weight is 252 g/mol. The topological polar surface area (TPSA) is 53.1 Å². The maximum absolute atomic E-state index is 5.82. The van der Waals surface area contributed by atoms with Crippen LogP contribution in [0, 0.1) is 0 Å². The van der Waals surface area contributed by atoms with Gasteiger partial charge in [-0.05, 0) is 17.7 Å². The highest BCUT2D eigenvalue weighted by molar-refractivity contribution is 6.30. The zero-order chi connectivity index (χ0) is 12.3. The Bertz CT molecular complexity index is 510. The SMILES string of the molecule is COc1ccc(CN)cc1Cn1cc(Cl)cn1. The van der Waals surface area contributed by atoms with Crippen LogP contribution in [0.5, 0.6) is 5.75 Å². The molecule has 0 saturated carbocycles. The van der Waals surface area contributed by atoms with E-state index in [0.29, 0.717) is 18.1 Å². The number of halogens is 1. The minimum Gasteiger partial charge on any atom is -0.496 e. The van der Waals surface area contributed by atoms with Crippen molar-refractivity contribution in [1.82, 2.24) is 9.78 Å². The molecule has 5 heteroatoms. The number of nitrogens with two attached hydrogens (primary N) is 1. The molecule has 0 radical (unpaired) electrons. The van der Waals surface area contributed by atoms with Gasteiger partial charge in [-0.15, -0.1) is 0 Å². The first-order valence-electron chi connectivity index (χ1n) is 5.26. The van der Waals surface area contributed by atoms with E-state index in [-0.39, 0.29) is 0 Å². The third-order valence-corrected chi connectivity index (χ3v) is 2.71. The predicted octanol–water partition coefficient (Wildman–Crippen LogP) is 2.05. The lowest BCUT2D eigenvalue weighted by atomic mass is 10.1. The Morgan fingerprint density at radius 1 is 1.47 bits per heavy atom. The molecule has 1 heterocycles. The summed E-state index contributed by atoms with van der Waals surface area (Å²) in [6.07, 6.45) is 3.39. The number of methoxy groups -OCH3 is 1. The molecule has 2 rings (SSSR count). The molecule has 0 saturated heterocycles. The van der Waals surface area contributed by atoms with Crippen LogP contribution in [0.2, 0.25) is 5.02 Å². The Hall–Kier alpha value is -1.52. The predicted molar refractivity (Wildman–Crippen MR) is 67.2 cm³/mol. The maximum Gasteiger partial charge on any atom is 0.123 e. The molecule has 1 aromatic carbocycles. The fraction of sp³-hybridized carbons (Fsp3) is 0.250. The maximum atomic E-state index is 5.82. The molecule has 0 aliphatic carbocycles. The van der Waals surface area contributed by atoms with E-state index in [9.17, 15) is 0 Å². The zero-order valence-electron chi connectivity index (χ0n) is 9.56. The molecular weight excluding hydrogens is 238 g/mol. The average Bonchev–Trinajstić information content (AvgIpc) is 2.74. The van der Waals surface area contributed by atoms with Gasteiger partial charge in [-0.3, -0.25) is 4.68 Å². The summed E-state index contributed by atoms with van der Waals surface area (Å²) >= 11 is 5.82. The van der Waals surface area contributed by atoms with Crippen molar-refractivity contribution >= 4 is 11.6 Å². The highest BCUT2D eigenvalue weighted by Gasteiger charge is 2.06. The van der Waals surface area contributed by atoms with Gasteiger partial charge in [-0.2, -0.15) is 5.10 Å². The second-order valence-corrected chi connectivity index (χ2v) is 4.14. The molecule has 0 amide bonds. The standard InChI is InChI=1S/C12H14ClN3O/c1-17-12-3-2-9(5-14)4-10(12)7-16-8-11(13)6-15-16/h2-4,6,8H,5,7,14H2,1H3. The van der Waals surface area contributed by atoms with E-state index in [1.54, 1.807) is 24.2 Å². The Balaban J connectivity index is 2.29. The Morgan fingerprint density at radius 3 is 2.88 bits per heavy atom.